The Morgan fingerprint density at radius 3 is 2.67 bits per heavy atom. The van der Waals surface area contributed by atoms with Crippen LogP contribution in [0.3, 0.4) is 0 Å². The second-order valence-corrected chi connectivity index (χ2v) is 5.85. The zero-order valence-corrected chi connectivity index (χ0v) is 13.5. The summed E-state index contributed by atoms with van der Waals surface area (Å²) in [5.41, 5.74) is 2.86. The molecule has 0 radical (unpaired) electrons. The number of benzene rings is 1. The molecule has 0 bridgehead atoms. The topological polar surface area (TPSA) is 104 Å². The number of nitrogens with one attached hydrogen (secondary N) is 2. The van der Waals surface area contributed by atoms with Crippen molar-refractivity contribution in [2.24, 2.45) is 0 Å². The summed E-state index contributed by atoms with van der Waals surface area (Å²) in [5, 5.41) is 23.3. The fraction of sp³-hybridized carbons (Fsp3) is 0.0625. The standard InChI is InChI=1S/C16H12N6OS/c1-10-8-13(3-2-12(10)9-17)19-15(23)20-16-22-21-14(24-16)11-4-6-18-7-5-11/h2-8H,1H3,(H2,19,20,22,23). The highest BCUT2D eigenvalue weighted by Crippen LogP contribution is 2.25. The number of anilines is 2. The van der Waals surface area contributed by atoms with Crippen molar-refractivity contribution < 1.29 is 4.79 Å². The summed E-state index contributed by atoms with van der Waals surface area (Å²) in [6, 6.07) is 10.4. The Balaban J connectivity index is 1.66. The molecule has 0 saturated carbocycles. The van der Waals surface area contributed by atoms with E-state index in [9.17, 15) is 4.79 Å². The van der Waals surface area contributed by atoms with E-state index in [1.165, 1.54) is 11.3 Å². The van der Waals surface area contributed by atoms with E-state index in [4.69, 9.17) is 5.26 Å². The lowest BCUT2D eigenvalue weighted by atomic mass is 10.1. The molecule has 0 atom stereocenters. The summed E-state index contributed by atoms with van der Waals surface area (Å²) in [6.45, 7) is 1.81. The van der Waals surface area contributed by atoms with Gasteiger partial charge in [-0.25, -0.2) is 4.79 Å². The van der Waals surface area contributed by atoms with E-state index in [0.717, 1.165) is 11.1 Å². The van der Waals surface area contributed by atoms with Gasteiger partial charge in [-0.15, -0.1) is 10.2 Å². The highest BCUT2D eigenvalue weighted by molar-refractivity contribution is 7.18. The minimum Gasteiger partial charge on any atom is -0.308 e. The number of nitriles is 1. The van der Waals surface area contributed by atoms with Gasteiger partial charge in [0.1, 0.15) is 5.01 Å². The molecule has 24 heavy (non-hydrogen) atoms. The second kappa shape index (κ2) is 6.85. The molecule has 0 fully saturated rings. The number of pyridine rings is 1. The van der Waals surface area contributed by atoms with E-state index >= 15 is 0 Å². The van der Waals surface area contributed by atoms with E-state index in [-0.39, 0.29) is 0 Å². The number of rotatable bonds is 3. The minimum absolute atomic E-state index is 0.393. The summed E-state index contributed by atoms with van der Waals surface area (Å²) in [4.78, 5) is 16.0. The Labute approximate surface area is 142 Å². The van der Waals surface area contributed by atoms with Crippen LogP contribution >= 0.6 is 11.3 Å². The molecule has 2 heterocycles. The van der Waals surface area contributed by atoms with E-state index in [0.29, 0.717) is 21.4 Å². The number of nitrogens with zero attached hydrogens (tertiary/aromatic N) is 4. The maximum absolute atomic E-state index is 12.0. The largest absolute Gasteiger partial charge is 0.325 e. The number of amides is 2. The first-order valence-corrected chi connectivity index (χ1v) is 7.80. The molecule has 3 rings (SSSR count). The third kappa shape index (κ3) is 3.53. The molecule has 0 saturated heterocycles. The smallest absolute Gasteiger partial charge is 0.308 e. The number of carbonyl (C=O) groups excluding carboxylic acids is 1. The van der Waals surface area contributed by atoms with Crippen molar-refractivity contribution in [1.82, 2.24) is 15.2 Å². The molecule has 0 unspecified atom stereocenters. The van der Waals surface area contributed by atoms with Crippen molar-refractivity contribution >= 4 is 28.2 Å². The van der Waals surface area contributed by atoms with Crippen molar-refractivity contribution in [2.75, 3.05) is 10.6 Å². The highest BCUT2D eigenvalue weighted by Gasteiger charge is 2.10. The Morgan fingerprint density at radius 1 is 1.17 bits per heavy atom. The number of aromatic nitrogens is 3. The lowest BCUT2D eigenvalue weighted by Crippen LogP contribution is -2.19. The average molecular weight is 336 g/mol. The molecule has 2 N–H and O–H groups in total. The van der Waals surface area contributed by atoms with Crippen LogP contribution in [0.25, 0.3) is 10.6 Å². The van der Waals surface area contributed by atoms with Gasteiger partial charge in [0.25, 0.3) is 0 Å². The molecule has 0 aliphatic rings. The molecule has 1 aromatic carbocycles. The molecule has 7 nitrogen and oxygen atoms in total. The monoisotopic (exact) mass is 336 g/mol. The zero-order valence-electron chi connectivity index (χ0n) is 12.6. The van der Waals surface area contributed by atoms with Gasteiger partial charge in [0.2, 0.25) is 5.13 Å². The lowest BCUT2D eigenvalue weighted by molar-refractivity contribution is 0.262. The Morgan fingerprint density at radius 2 is 1.96 bits per heavy atom. The van der Waals surface area contributed by atoms with Gasteiger partial charge in [-0.1, -0.05) is 11.3 Å². The summed E-state index contributed by atoms with van der Waals surface area (Å²) in [6.07, 6.45) is 3.34. The second-order valence-electron chi connectivity index (χ2n) is 4.87. The maximum atomic E-state index is 12.0. The SMILES string of the molecule is Cc1cc(NC(=O)Nc2nnc(-c3ccncc3)s2)ccc1C#N. The van der Waals surface area contributed by atoms with Gasteiger partial charge in [0, 0.05) is 23.6 Å². The molecule has 0 aliphatic heterocycles. The van der Waals surface area contributed by atoms with Gasteiger partial charge in [-0.3, -0.25) is 10.3 Å². The maximum Gasteiger partial charge on any atom is 0.325 e. The van der Waals surface area contributed by atoms with E-state index < -0.39 is 6.03 Å². The molecular formula is C16H12N6OS. The van der Waals surface area contributed by atoms with Crippen LogP contribution in [0.2, 0.25) is 0 Å². The normalized spacial score (nSPS) is 10.0. The van der Waals surface area contributed by atoms with Crippen molar-refractivity contribution in [2.45, 2.75) is 6.92 Å². The summed E-state index contributed by atoms with van der Waals surface area (Å²) >= 11 is 1.27. The molecule has 8 heteroatoms. The number of urea groups is 1. The van der Waals surface area contributed by atoms with Crippen molar-refractivity contribution in [3.8, 4) is 16.6 Å². The van der Waals surface area contributed by atoms with Crippen LogP contribution in [0.15, 0.2) is 42.7 Å². The minimum atomic E-state index is -0.420. The van der Waals surface area contributed by atoms with Gasteiger partial charge < -0.3 is 5.32 Å². The summed E-state index contributed by atoms with van der Waals surface area (Å²) in [5.74, 6) is 0. The summed E-state index contributed by atoms with van der Waals surface area (Å²) < 4.78 is 0. The van der Waals surface area contributed by atoms with Crippen LogP contribution in [0.1, 0.15) is 11.1 Å². The van der Waals surface area contributed by atoms with Crippen molar-refractivity contribution in [3.63, 3.8) is 0 Å². The number of carbonyl (C=O) groups is 1. The molecule has 0 spiro atoms. The fourth-order valence-electron chi connectivity index (χ4n) is 2.01. The number of hydrogen-bond donors (Lipinski definition) is 2. The Hall–Kier alpha value is -3.31. The zero-order chi connectivity index (χ0) is 16.9. The first kappa shape index (κ1) is 15.6. The van der Waals surface area contributed by atoms with Crippen LogP contribution in [-0.2, 0) is 0 Å². The number of hydrogen-bond acceptors (Lipinski definition) is 6. The molecular weight excluding hydrogens is 324 g/mol. The Bertz CT molecular complexity index is 916. The van der Waals surface area contributed by atoms with Crippen LogP contribution in [0, 0.1) is 18.3 Å². The van der Waals surface area contributed by atoms with Crippen LogP contribution in [0.4, 0.5) is 15.6 Å². The van der Waals surface area contributed by atoms with E-state index in [1.807, 2.05) is 19.1 Å². The fourth-order valence-corrected chi connectivity index (χ4v) is 2.76. The predicted molar refractivity (Wildman–Crippen MR) is 91.7 cm³/mol. The average Bonchev–Trinajstić information content (AvgIpc) is 3.04. The van der Waals surface area contributed by atoms with Crippen LogP contribution in [-0.4, -0.2) is 21.2 Å². The van der Waals surface area contributed by atoms with Gasteiger partial charge >= 0.3 is 6.03 Å². The van der Waals surface area contributed by atoms with E-state index in [1.54, 1.807) is 30.6 Å². The predicted octanol–water partition coefficient (Wildman–Crippen LogP) is 3.42. The van der Waals surface area contributed by atoms with Crippen molar-refractivity contribution in [3.05, 3.63) is 53.9 Å². The van der Waals surface area contributed by atoms with Gasteiger partial charge in [-0.2, -0.15) is 5.26 Å². The number of aryl methyl sites for hydroxylation is 1. The highest BCUT2D eigenvalue weighted by atomic mass is 32.1. The molecule has 118 valence electrons. The van der Waals surface area contributed by atoms with Gasteiger partial charge in [-0.05, 0) is 42.8 Å². The van der Waals surface area contributed by atoms with Crippen molar-refractivity contribution in [1.29, 1.82) is 5.26 Å². The van der Waals surface area contributed by atoms with Crippen LogP contribution < -0.4 is 10.6 Å². The Kier molecular flexibility index (Phi) is 4.45. The quantitative estimate of drug-likeness (QED) is 0.762. The first-order chi connectivity index (χ1) is 11.7. The van der Waals surface area contributed by atoms with Gasteiger partial charge in [0.15, 0.2) is 0 Å². The third-order valence-electron chi connectivity index (χ3n) is 3.18. The molecule has 3 aromatic rings. The van der Waals surface area contributed by atoms with Gasteiger partial charge in [0.05, 0.1) is 11.6 Å². The van der Waals surface area contributed by atoms with Crippen LogP contribution in [0.5, 0.6) is 0 Å². The molecule has 0 aliphatic carbocycles. The molecule has 2 amide bonds. The third-order valence-corrected chi connectivity index (χ3v) is 4.07. The first-order valence-electron chi connectivity index (χ1n) is 6.98. The summed E-state index contributed by atoms with van der Waals surface area (Å²) in [7, 11) is 0. The lowest BCUT2D eigenvalue weighted by Gasteiger charge is -2.06. The molecule has 2 aromatic heterocycles. The van der Waals surface area contributed by atoms with E-state index in [2.05, 4.69) is 31.9 Å².